The van der Waals surface area contributed by atoms with E-state index in [1.807, 2.05) is 13.8 Å². The lowest BCUT2D eigenvalue weighted by molar-refractivity contribution is 0.0688. The van der Waals surface area contributed by atoms with Crippen LogP contribution in [-0.4, -0.2) is 42.0 Å². The molecule has 55 heavy (non-hydrogen) atoms. The van der Waals surface area contributed by atoms with Gasteiger partial charge in [-0.05, 0) is 69.5 Å². The summed E-state index contributed by atoms with van der Waals surface area (Å²) in [6.45, 7) is 6.98. The molecule has 0 saturated heterocycles. The van der Waals surface area contributed by atoms with Crippen LogP contribution in [0.25, 0.3) is 9.92 Å². The summed E-state index contributed by atoms with van der Waals surface area (Å²) in [5, 5.41) is 8.91. The van der Waals surface area contributed by atoms with Crippen molar-refractivity contribution in [3.63, 3.8) is 0 Å². The van der Waals surface area contributed by atoms with Crippen molar-refractivity contribution in [3.05, 3.63) is 105 Å². The monoisotopic (exact) mass is 889 g/mol. The minimum absolute atomic E-state index is 0.0238. The van der Waals surface area contributed by atoms with E-state index in [9.17, 15) is 48.4 Å². The first kappa shape index (κ1) is 45.6. The maximum atomic E-state index is 12.9. The highest BCUT2D eigenvalue weighted by Crippen LogP contribution is 3.02. The molecule has 2 aromatic carbocycles. The van der Waals surface area contributed by atoms with E-state index in [1.165, 1.54) is 41.2 Å². The molecular weight excluding hydrogens is 856 g/mol. The van der Waals surface area contributed by atoms with Crippen LogP contribution in [-0.2, 0) is 13.0 Å². The number of carbonyl (C=O) groups is 2. The predicted octanol–water partition coefficient (Wildman–Crippen LogP) is 12.9. The van der Waals surface area contributed by atoms with E-state index in [0.29, 0.717) is 46.3 Å². The molecule has 0 saturated carbocycles. The second-order valence-corrected chi connectivity index (χ2v) is 19.0. The number of hydrogen-bond acceptors (Lipinski definition) is 7. The number of nitrogens with two attached hydrogens (primary N) is 1. The largest absolute Gasteiger partial charge is 0.477 e. The summed E-state index contributed by atoms with van der Waals surface area (Å²) in [5.74, 6) is -1.23. The van der Waals surface area contributed by atoms with Crippen LogP contribution < -0.4 is 5.73 Å². The molecule has 0 bridgehead atoms. The van der Waals surface area contributed by atoms with Crippen molar-refractivity contribution < 1.29 is 53.6 Å². The number of aromatic carboxylic acids is 1. The fraction of sp³-hybridized carbons (Fsp3) is 0.250. The number of alkyl halides is 1. The minimum atomic E-state index is -9.72. The Morgan fingerprint density at radius 2 is 1.11 bits per heavy atom. The van der Waals surface area contributed by atoms with Crippen molar-refractivity contribution in [2.45, 2.75) is 56.9 Å². The van der Waals surface area contributed by atoms with E-state index in [-0.39, 0.29) is 42.0 Å². The Morgan fingerprint density at radius 3 is 1.53 bits per heavy atom. The van der Waals surface area contributed by atoms with Crippen molar-refractivity contribution in [3.8, 4) is 0 Å². The van der Waals surface area contributed by atoms with Gasteiger partial charge in [0.15, 0.2) is 21.4 Å². The standard InChI is InChI=1S/C16H15F5N2OS2.C8H8N2O2S.C7H8F5NS.CH3Cl/c1-10-9-23-15(11(2)22-16(23)25-10)14(24)7-6-12-4-3-5-13(8-12)26(17,18,19,20)21;1-4-3-10-6(7(11)12)5(2)9-8(10)13-4;8-14(9,10,11,12)7-3-1-2-6(4-7)5-13;1-2/h3-5,8-9H,6-7H2,1-2H3;3H,1-2H3,(H,11,12);1-4H,5,13H2;1H3. The number of imidazole rings is 2. The number of aryl methyl sites for hydroxylation is 5. The second-order valence-electron chi connectivity index (χ2n) is 11.7. The van der Waals surface area contributed by atoms with Gasteiger partial charge >= 0.3 is 26.4 Å². The Kier molecular flexibility index (Phi) is 12.1. The van der Waals surface area contributed by atoms with Crippen LogP contribution in [0.5, 0.6) is 0 Å². The summed E-state index contributed by atoms with van der Waals surface area (Å²) < 4.78 is 129. The second kappa shape index (κ2) is 14.6. The number of halogens is 11. The number of hydrogen-bond donors (Lipinski definition) is 2. The van der Waals surface area contributed by atoms with E-state index in [1.54, 1.807) is 35.0 Å². The molecule has 4 aromatic heterocycles. The van der Waals surface area contributed by atoms with Crippen LogP contribution in [0.1, 0.15) is 59.7 Å². The summed E-state index contributed by atoms with van der Waals surface area (Å²) in [5.41, 5.74) is 6.83. The number of benzene rings is 2. The van der Waals surface area contributed by atoms with Gasteiger partial charge in [0.2, 0.25) is 0 Å². The SMILES string of the molecule is CCl.Cc1cn2c(C(=O)CCc3cccc(S(F)(F)(F)(F)F)c3)c(C)nc2s1.Cc1cn2c(C(=O)O)c(C)nc2s1.NCc1cccc(S(F)(F)(F)(F)F)c1. The van der Waals surface area contributed by atoms with Gasteiger partial charge in [-0.25, -0.2) is 14.8 Å². The van der Waals surface area contributed by atoms with E-state index in [4.69, 9.17) is 10.8 Å². The molecule has 0 aliphatic heterocycles. The third kappa shape index (κ3) is 11.8. The van der Waals surface area contributed by atoms with Gasteiger partial charge in [-0.3, -0.25) is 13.6 Å². The first-order valence-electron chi connectivity index (χ1n) is 15.3. The molecule has 0 fully saturated rings. The molecule has 0 amide bonds. The number of thiazole rings is 2. The summed E-state index contributed by atoms with van der Waals surface area (Å²) in [6, 6.07) is 5.89. The third-order valence-electron chi connectivity index (χ3n) is 7.26. The van der Waals surface area contributed by atoms with Crippen LogP contribution >= 0.6 is 54.7 Å². The maximum Gasteiger partial charge on any atom is 0.354 e. The Hall–Kier alpha value is -3.83. The Balaban J connectivity index is 0.000000236. The molecule has 23 heteroatoms. The maximum absolute atomic E-state index is 12.9. The molecule has 306 valence electrons. The fourth-order valence-electron chi connectivity index (χ4n) is 4.95. The number of fused-ring (bicyclic) bond motifs is 2. The molecule has 4 heterocycles. The zero-order valence-electron chi connectivity index (χ0n) is 29.3. The molecular formula is C32H34ClF10N5O3S4. The zero-order valence-corrected chi connectivity index (χ0v) is 33.3. The predicted molar refractivity (Wildman–Crippen MR) is 200 cm³/mol. The highest BCUT2D eigenvalue weighted by Gasteiger charge is 2.66. The highest BCUT2D eigenvalue weighted by atomic mass is 35.5. The fourth-order valence-corrected chi connectivity index (χ4v) is 8.11. The summed E-state index contributed by atoms with van der Waals surface area (Å²) in [4.78, 5) is 31.4. The quantitative estimate of drug-likeness (QED) is 0.0893. The Labute approximate surface area is 321 Å². The van der Waals surface area contributed by atoms with E-state index in [0.717, 1.165) is 26.8 Å². The van der Waals surface area contributed by atoms with Gasteiger partial charge in [-0.15, -0.1) is 34.3 Å². The lowest BCUT2D eigenvalue weighted by Gasteiger charge is -2.40. The number of nitrogens with zero attached hydrogens (tertiary/aromatic N) is 4. The number of ketones is 1. The number of rotatable bonds is 8. The van der Waals surface area contributed by atoms with Gasteiger partial charge in [-0.2, -0.15) is 0 Å². The number of Topliss-reactive ketones (excluding diaryl/α,β-unsaturated/α-hetero) is 1. The first-order chi connectivity index (χ1) is 24.9. The average Bonchev–Trinajstić information content (AvgIpc) is 3.76. The topological polar surface area (TPSA) is 115 Å². The molecule has 0 unspecified atom stereocenters. The zero-order chi connectivity index (χ0) is 42.1. The lowest BCUT2D eigenvalue weighted by atomic mass is 10.1. The van der Waals surface area contributed by atoms with Crippen molar-refractivity contribution in [1.29, 1.82) is 0 Å². The van der Waals surface area contributed by atoms with E-state index >= 15 is 0 Å². The van der Waals surface area contributed by atoms with Crippen molar-refractivity contribution >= 4 is 76.4 Å². The summed E-state index contributed by atoms with van der Waals surface area (Å²) >= 11 is 7.55. The van der Waals surface area contributed by atoms with Gasteiger partial charge < -0.3 is 10.8 Å². The van der Waals surface area contributed by atoms with Gasteiger partial charge in [0.1, 0.15) is 15.5 Å². The average molecular weight is 890 g/mol. The third-order valence-corrected chi connectivity index (χ3v) is 11.3. The van der Waals surface area contributed by atoms with Gasteiger partial charge in [0, 0.05) is 41.5 Å². The molecule has 0 aliphatic carbocycles. The molecule has 0 radical (unpaired) electrons. The number of carboxylic acid groups (broad SMARTS) is 1. The van der Waals surface area contributed by atoms with Crippen molar-refractivity contribution in [2.24, 2.45) is 5.73 Å². The Morgan fingerprint density at radius 1 is 0.709 bits per heavy atom. The Bertz CT molecular complexity index is 2380. The molecule has 8 nitrogen and oxygen atoms in total. The summed E-state index contributed by atoms with van der Waals surface area (Å²) in [6.07, 6.45) is 4.86. The molecule has 6 aromatic rings. The lowest BCUT2D eigenvalue weighted by Crippen LogP contribution is -2.08. The first-order valence-corrected chi connectivity index (χ1v) is 21.6. The summed E-state index contributed by atoms with van der Waals surface area (Å²) in [7, 11) is -19.3. The highest BCUT2D eigenvalue weighted by molar-refractivity contribution is 8.46. The van der Waals surface area contributed by atoms with Crippen LogP contribution in [0.3, 0.4) is 0 Å². The van der Waals surface area contributed by atoms with Gasteiger partial charge in [0.25, 0.3) is 0 Å². The molecule has 6 rings (SSSR count). The minimum Gasteiger partial charge on any atom is -0.477 e. The van der Waals surface area contributed by atoms with Crippen LogP contribution in [0.15, 0.2) is 70.7 Å². The molecule has 0 aliphatic rings. The number of aromatic nitrogens is 4. The van der Waals surface area contributed by atoms with E-state index < -0.39 is 36.2 Å². The molecule has 0 atom stereocenters. The smallest absolute Gasteiger partial charge is 0.354 e. The van der Waals surface area contributed by atoms with Crippen LogP contribution in [0.2, 0.25) is 0 Å². The number of carboxylic acids is 1. The van der Waals surface area contributed by atoms with Gasteiger partial charge in [-0.1, -0.05) is 63.1 Å². The van der Waals surface area contributed by atoms with Gasteiger partial charge in [0.05, 0.1) is 11.4 Å². The molecule has 3 N–H and O–H groups in total. The van der Waals surface area contributed by atoms with E-state index in [2.05, 4.69) is 21.6 Å². The van der Waals surface area contributed by atoms with Crippen LogP contribution in [0, 0.1) is 27.7 Å². The normalized spacial score (nSPS) is 14.2. The van der Waals surface area contributed by atoms with Crippen molar-refractivity contribution in [1.82, 2.24) is 18.8 Å². The van der Waals surface area contributed by atoms with Crippen molar-refractivity contribution in [2.75, 3.05) is 6.38 Å². The van der Waals surface area contributed by atoms with Crippen LogP contribution in [0.4, 0.5) is 38.9 Å². The number of carbonyl (C=O) groups excluding carboxylic acids is 1. The molecule has 0 spiro atoms.